The van der Waals surface area contributed by atoms with Gasteiger partial charge in [-0.1, -0.05) is 19.3 Å². The summed E-state index contributed by atoms with van der Waals surface area (Å²) in [6.07, 6.45) is 6.48. The molecule has 1 aliphatic heterocycles. The van der Waals surface area contributed by atoms with Crippen LogP contribution in [0.15, 0.2) is 4.99 Å². The van der Waals surface area contributed by atoms with Crippen LogP contribution in [0.2, 0.25) is 0 Å². The van der Waals surface area contributed by atoms with Gasteiger partial charge in [-0.3, -0.25) is 0 Å². The normalized spacial score (nSPS) is 27.2. The van der Waals surface area contributed by atoms with Crippen molar-refractivity contribution in [3.8, 4) is 0 Å². The van der Waals surface area contributed by atoms with Gasteiger partial charge in [0, 0.05) is 23.6 Å². The van der Waals surface area contributed by atoms with Crippen molar-refractivity contribution in [1.29, 1.82) is 0 Å². The minimum absolute atomic E-state index is 0.310. The van der Waals surface area contributed by atoms with Gasteiger partial charge in [0.15, 0.2) is 5.96 Å². The van der Waals surface area contributed by atoms with E-state index in [2.05, 4.69) is 18.7 Å². The fraction of sp³-hybridized carbons (Fsp3) is 0.923. The Bertz CT molecular complexity index is 282. The van der Waals surface area contributed by atoms with Crippen LogP contribution in [0, 0.1) is 0 Å². The summed E-state index contributed by atoms with van der Waals surface area (Å²) in [7, 11) is 0. The molecule has 1 saturated carbocycles. The van der Waals surface area contributed by atoms with Crippen LogP contribution >= 0.6 is 11.8 Å². The Kier molecular flexibility index (Phi) is 4.23. The highest BCUT2D eigenvalue weighted by Gasteiger charge is 2.28. The number of aliphatic imine (C=N–C) groups is 1. The predicted molar refractivity (Wildman–Crippen MR) is 76.6 cm³/mol. The zero-order chi connectivity index (χ0) is 12.3. The van der Waals surface area contributed by atoms with E-state index in [1.54, 1.807) is 0 Å². The maximum Gasteiger partial charge on any atom is 0.191 e. The van der Waals surface area contributed by atoms with E-state index in [1.165, 1.54) is 32.1 Å². The van der Waals surface area contributed by atoms with E-state index < -0.39 is 0 Å². The Morgan fingerprint density at radius 1 is 1.29 bits per heavy atom. The summed E-state index contributed by atoms with van der Waals surface area (Å²) in [5, 5.41) is 0. The van der Waals surface area contributed by atoms with Crippen molar-refractivity contribution < 1.29 is 0 Å². The third-order valence-corrected chi connectivity index (χ3v) is 4.94. The number of guanidine groups is 1. The molecule has 0 amide bonds. The Labute approximate surface area is 109 Å². The molecule has 0 atom stereocenters. The van der Waals surface area contributed by atoms with Crippen molar-refractivity contribution >= 4 is 17.7 Å². The van der Waals surface area contributed by atoms with E-state index in [0.29, 0.717) is 10.8 Å². The SMILES string of the molecule is CC1(C)CN(C(N)=NC2CCCCC2)CCS1. The van der Waals surface area contributed by atoms with Crippen LogP contribution in [0.5, 0.6) is 0 Å². The molecule has 0 aromatic rings. The van der Waals surface area contributed by atoms with E-state index in [4.69, 9.17) is 10.7 Å². The number of rotatable bonds is 1. The van der Waals surface area contributed by atoms with Crippen LogP contribution in [-0.4, -0.2) is 40.5 Å². The summed E-state index contributed by atoms with van der Waals surface area (Å²) in [6, 6.07) is 0.487. The number of hydrogen-bond donors (Lipinski definition) is 1. The Morgan fingerprint density at radius 3 is 2.65 bits per heavy atom. The highest BCUT2D eigenvalue weighted by molar-refractivity contribution is 8.00. The maximum atomic E-state index is 6.17. The molecule has 1 saturated heterocycles. The average Bonchev–Trinajstić information content (AvgIpc) is 2.29. The molecular formula is C13H25N3S. The van der Waals surface area contributed by atoms with Gasteiger partial charge < -0.3 is 10.6 Å². The van der Waals surface area contributed by atoms with Gasteiger partial charge in [-0.25, -0.2) is 4.99 Å². The third kappa shape index (κ3) is 3.80. The number of hydrogen-bond acceptors (Lipinski definition) is 2. The number of nitrogens with zero attached hydrogens (tertiary/aromatic N) is 2. The maximum absolute atomic E-state index is 6.17. The van der Waals surface area contributed by atoms with Crippen LogP contribution < -0.4 is 5.73 Å². The molecule has 0 unspecified atom stereocenters. The lowest BCUT2D eigenvalue weighted by molar-refractivity contribution is 0.375. The van der Waals surface area contributed by atoms with Gasteiger partial charge in [0.05, 0.1) is 6.04 Å². The fourth-order valence-electron chi connectivity index (χ4n) is 2.69. The summed E-state index contributed by atoms with van der Waals surface area (Å²) in [5.74, 6) is 1.94. The second-order valence-electron chi connectivity index (χ2n) is 5.81. The molecule has 98 valence electrons. The van der Waals surface area contributed by atoms with E-state index in [1.807, 2.05) is 11.8 Å². The monoisotopic (exact) mass is 255 g/mol. The molecule has 1 aliphatic carbocycles. The Hall–Kier alpha value is -0.380. The van der Waals surface area contributed by atoms with E-state index in [9.17, 15) is 0 Å². The van der Waals surface area contributed by atoms with Crippen LogP contribution in [0.25, 0.3) is 0 Å². The first kappa shape index (κ1) is 13.1. The van der Waals surface area contributed by atoms with Crippen LogP contribution in [0.3, 0.4) is 0 Å². The molecule has 2 aliphatic rings. The minimum atomic E-state index is 0.310. The topological polar surface area (TPSA) is 41.6 Å². The molecule has 0 aromatic carbocycles. The second-order valence-corrected chi connectivity index (χ2v) is 7.61. The molecule has 0 radical (unpaired) electrons. The van der Waals surface area contributed by atoms with E-state index >= 15 is 0 Å². The van der Waals surface area contributed by atoms with Crippen molar-refractivity contribution in [2.24, 2.45) is 10.7 Å². The molecule has 0 bridgehead atoms. The molecule has 2 fully saturated rings. The predicted octanol–water partition coefficient (Wildman–Crippen LogP) is 2.46. The zero-order valence-electron chi connectivity index (χ0n) is 11.1. The summed E-state index contributed by atoms with van der Waals surface area (Å²) in [5.41, 5.74) is 6.17. The van der Waals surface area contributed by atoms with Gasteiger partial charge >= 0.3 is 0 Å². The van der Waals surface area contributed by atoms with E-state index in [0.717, 1.165) is 24.8 Å². The lowest BCUT2D eigenvalue weighted by atomic mass is 9.96. The molecule has 0 spiro atoms. The summed E-state index contributed by atoms with van der Waals surface area (Å²) >= 11 is 2.04. The molecule has 2 N–H and O–H groups in total. The average molecular weight is 255 g/mol. The first-order valence-electron chi connectivity index (χ1n) is 6.79. The van der Waals surface area contributed by atoms with E-state index in [-0.39, 0.29) is 0 Å². The van der Waals surface area contributed by atoms with Crippen molar-refractivity contribution in [3.05, 3.63) is 0 Å². The third-order valence-electron chi connectivity index (χ3n) is 3.64. The molecule has 3 nitrogen and oxygen atoms in total. The largest absolute Gasteiger partial charge is 0.370 e. The standard InChI is InChI=1S/C13H25N3S/c1-13(2)10-16(8-9-17-13)12(14)15-11-6-4-3-5-7-11/h11H,3-10H2,1-2H3,(H2,14,15). The lowest BCUT2D eigenvalue weighted by Gasteiger charge is -2.38. The number of thioether (sulfide) groups is 1. The van der Waals surface area contributed by atoms with Crippen LogP contribution in [-0.2, 0) is 0 Å². The van der Waals surface area contributed by atoms with Gasteiger partial charge in [0.25, 0.3) is 0 Å². The molecule has 1 heterocycles. The molecule has 0 aromatic heterocycles. The van der Waals surface area contributed by atoms with Crippen molar-refractivity contribution in [3.63, 3.8) is 0 Å². The quantitative estimate of drug-likeness (QED) is 0.578. The molecular weight excluding hydrogens is 230 g/mol. The van der Waals surface area contributed by atoms with Gasteiger partial charge in [-0.05, 0) is 26.7 Å². The van der Waals surface area contributed by atoms with Gasteiger partial charge in [0.1, 0.15) is 0 Å². The summed E-state index contributed by atoms with van der Waals surface area (Å²) in [4.78, 5) is 7.01. The lowest BCUT2D eigenvalue weighted by Crippen LogP contribution is -2.49. The molecule has 2 rings (SSSR count). The van der Waals surface area contributed by atoms with Crippen LogP contribution in [0.1, 0.15) is 46.0 Å². The Morgan fingerprint density at radius 2 is 2.00 bits per heavy atom. The smallest absolute Gasteiger partial charge is 0.191 e. The fourth-order valence-corrected chi connectivity index (χ4v) is 3.80. The van der Waals surface area contributed by atoms with Crippen molar-refractivity contribution in [2.45, 2.75) is 56.7 Å². The Balaban J connectivity index is 1.93. The highest BCUT2D eigenvalue weighted by Crippen LogP contribution is 2.29. The molecule has 4 heteroatoms. The summed E-state index contributed by atoms with van der Waals surface area (Å²) in [6.45, 7) is 6.66. The summed E-state index contributed by atoms with van der Waals surface area (Å²) < 4.78 is 0.310. The molecule has 17 heavy (non-hydrogen) atoms. The van der Waals surface area contributed by atoms with Gasteiger partial charge in [-0.2, -0.15) is 11.8 Å². The number of nitrogens with two attached hydrogens (primary N) is 1. The highest BCUT2D eigenvalue weighted by atomic mass is 32.2. The van der Waals surface area contributed by atoms with Crippen molar-refractivity contribution in [2.75, 3.05) is 18.8 Å². The van der Waals surface area contributed by atoms with Crippen LogP contribution in [0.4, 0.5) is 0 Å². The first-order valence-corrected chi connectivity index (χ1v) is 7.77. The van der Waals surface area contributed by atoms with Gasteiger partial charge in [0.2, 0.25) is 0 Å². The first-order chi connectivity index (χ1) is 8.07. The zero-order valence-corrected chi connectivity index (χ0v) is 11.9. The van der Waals surface area contributed by atoms with Crippen molar-refractivity contribution in [1.82, 2.24) is 4.90 Å². The minimum Gasteiger partial charge on any atom is -0.370 e. The second kappa shape index (κ2) is 5.51. The van der Waals surface area contributed by atoms with Gasteiger partial charge in [-0.15, -0.1) is 0 Å².